The first-order valence-electron chi connectivity index (χ1n) is 8.30. The van der Waals surface area contributed by atoms with E-state index in [2.05, 4.69) is 16.8 Å². The average molecular weight is 365 g/mol. The quantitative estimate of drug-likeness (QED) is 0.783. The first kappa shape index (κ1) is 18.4. The van der Waals surface area contributed by atoms with Gasteiger partial charge in [-0.05, 0) is 12.1 Å². The Morgan fingerprint density at radius 1 is 1.37 bits per heavy atom. The topological polar surface area (TPSA) is 106 Å². The maximum absolute atomic E-state index is 12.0. The number of carbonyl (C=O) groups is 2. The predicted octanol–water partition coefficient (Wildman–Crippen LogP) is 0.801. The monoisotopic (exact) mass is 365 g/mol. The fourth-order valence-corrected chi connectivity index (χ4v) is 2.80. The SMILES string of the molecule is COc1cc(C(N)=O)nc(-c2cccc(C#C[C@]3(O)CCN(C)C3=O)c2)c1. The van der Waals surface area contributed by atoms with Gasteiger partial charge in [0.2, 0.25) is 5.60 Å². The minimum atomic E-state index is -1.65. The summed E-state index contributed by atoms with van der Waals surface area (Å²) < 4.78 is 5.20. The van der Waals surface area contributed by atoms with E-state index in [9.17, 15) is 14.7 Å². The highest BCUT2D eigenvalue weighted by Gasteiger charge is 2.42. The van der Waals surface area contributed by atoms with Crippen LogP contribution in [0.2, 0.25) is 0 Å². The summed E-state index contributed by atoms with van der Waals surface area (Å²) >= 11 is 0. The lowest BCUT2D eigenvalue weighted by atomic mass is 10.0. The summed E-state index contributed by atoms with van der Waals surface area (Å²) in [6, 6.07) is 10.2. The molecule has 7 heteroatoms. The van der Waals surface area contributed by atoms with Crippen LogP contribution in [0.4, 0.5) is 0 Å². The van der Waals surface area contributed by atoms with Gasteiger partial charge in [0, 0.05) is 43.3 Å². The Hall–Kier alpha value is -3.37. The third-order valence-electron chi connectivity index (χ3n) is 4.37. The van der Waals surface area contributed by atoms with E-state index in [4.69, 9.17) is 10.5 Å². The van der Waals surface area contributed by atoms with Crippen molar-refractivity contribution in [3.8, 4) is 28.8 Å². The number of likely N-dealkylation sites (N-methyl/N-ethyl adjacent to an activating group) is 1. The second kappa shape index (κ2) is 7.09. The van der Waals surface area contributed by atoms with Crippen molar-refractivity contribution >= 4 is 11.8 Å². The lowest BCUT2D eigenvalue weighted by Crippen LogP contribution is -2.37. The fourth-order valence-electron chi connectivity index (χ4n) is 2.80. The average Bonchev–Trinajstić information content (AvgIpc) is 2.94. The molecule has 2 aromatic rings. The number of primary amides is 1. The molecule has 2 amide bonds. The van der Waals surface area contributed by atoms with Gasteiger partial charge in [-0.25, -0.2) is 4.98 Å². The summed E-state index contributed by atoms with van der Waals surface area (Å²) in [6.07, 6.45) is 0.272. The number of amides is 2. The molecule has 1 aromatic carbocycles. The van der Waals surface area contributed by atoms with Crippen LogP contribution in [0.15, 0.2) is 36.4 Å². The summed E-state index contributed by atoms with van der Waals surface area (Å²) in [5, 5.41) is 10.4. The van der Waals surface area contributed by atoms with Gasteiger partial charge in [-0.3, -0.25) is 9.59 Å². The molecule has 27 heavy (non-hydrogen) atoms. The van der Waals surface area contributed by atoms with Crippen molar-refractivity contribution in [2.45, 2.75) is 12.0 Å². The fraction of sp³-hybridized carbons (Fsp3) is 0.250. The first-order chi connectivity index (χ1) is 12.8. The van der Waals surface area contributed by atoms with Crippen LogP contribution in [0.5, 0.6) is 5.75 Å². The summed E-state index contributed by atoms with van der Waals surface area (Å²) in [7, 11) is 3.12. The number of benzene rings is 1. The normalized spacial score (nSPS) is 18.8. The molecule has 0 spiro atoms. The third-order valence-corrected chi connectivity index (χ3v) is 4.37. The molecule has 0 bridgehead atoms. The summed E-state index contributed by atoms with van der Waals surface area (Å²) in [6.45, 7) is 0.466. The largest absolute Gasteiger partial charge is 0.497 e. The van der Waals surface area contributed by atoms with Gasteiger partial charge in [0.1, 0.15) is 11.4 Å². The van der Waals surface area contributed by atoms with Gasteiger partial charge in [-0.15, -0.1) is 0 Å². The van der Waals surface area contributed by atoms with E-state index in [0.717, 1.165) is 0 Å². The van der Waals surface area contributed by atoms with Gasteiger partial charge in [0.05, 0.1) is 12.8 Å². The van der Waals surface area contributed by atoms with E-state index in [1.54, 1.807) is 37.4 Å². The molecule has 1 fully saturated rings. The number of rotatable bonds is 3. The summed E-state index contributed by atoms with van der Waals surface area (Å²) in [5.41, 5.74) is 5.57. The number of hydrogen-bond donors (Lipinski definition) is 2. The van der Waals surface area contributed by atoms with Crippen molar-refractivity contribution in [1.82, 2.24) is 9.88 Å². The molecular weight excluding hydrogens is 346 g/mol. The molecule has 2 heterocycles. The van der Waals surface area contributed by atoms with Crippen molar-refractivity contribution in [3.63, 3.8) is 0 Å². The van der Waals surface area contributed by atoms with E-state index < -0.39 is 17.4 Å². The number of pyridine rings is 1. The van der Waals surface area contributed by atoms with Gasteiger partial charge >= 0.3 is 0 Å². The van der Waals surface area contributed by atoms with Gasteiger partial charge in [0.25, 0.3) is 11.8 Å². The van der Waals surface area contributed by atoms with Crippen LogP contribution in [-0.2, 0) is 4.79 Å². The number of nitrogens with two attached hydrogens (primary N) is 1. The predicted molar refractivity (Wildman–Crippen MR) is 98.8 cm³/mol. The number of likely N-dealkylation sites (tertiary alicyclic amines) is 1. The Morgan fingerprint density at radius 3 is 2.78 bits per heavy atom. The van der Waals surface area contributed by atoms with Crippen molar-refractivity contribution in [2.24, 2.45) is 5.73 Å². The molecule has 3 rings (SSSR count). The third kappa shape index (κ3) is 3.76. The highest BCUT2D eigenvalue weighted by molar-refractivity contribution is 5.92. The van der Waals surface area contributed by atoms with Gasteiger partial charge in [-0.2, -0.15) is 0 Å². The standard InChI is InChI=1S/C20H19N3O4/c1-23-9-8-20(26,19(23)25)7-6-13-4-3-5-14(10-13)16-11-15(27-2)12-17(22-16)18(21)24/h3-5,10-12,26H,8-9H2,1-2H3,(H2,21,24)/t20-/m0/s1. The minimum absolute atomic E-state index is 0.0923. The number of aromatic nitrogens is 1. The zero-order chi connectivity index (χ0) is 19.6. The lowest BCUT2D eigenvalue weighted by molar-refractivity contribution is -0.137. The molecule has 1 atom stereocenters. The van der Waals surface area contributed by atoms with Crippen LogP contribution in [-0.4, -0.2) is 53.1 Å². The van der Waals surface area contributed by atoms with Crippen molar-refractivity contribution in [2.75, 3.05) is 20.7 Å². The minimum Gasteiger partial charge on any atom is -0.497 e. The van der Waals surface area contributed by atoms with Crippen molar-refractivity contribution in [3.05, 3.63) is 47.7 Å². The zero-order valence-corrected chi connectivity index (χ0v) is 15.0. The maximum Gasteiger partial charge on any atom is 0.267 e. The highest BCUT2D eigenvalue weighted by Crippen LogP contribution is 2.24. The number of aliphatic hydroxyl groups is 1. The lowest BCUT2D eigenvalue weighted by Gasteiger charge is -2.13. The molecule has 3 N–H and O–H groups in total. The second-order valence-corrected chi connectivity index (χ2v) is 6.31. The molecule has 0 radical (unpaired) electrons. The molecule has 1 saturated heterocycles. The zero-order valence-electron chi connectivity index (χ0n) is 15.0. The van der Waals surface area contributed by atoms with Crippen molar-refractivity contribution < 1.29 is 19.4 Å². The Labute approximate surface area is 156 Å². The van der Waals surface area contributed by atoms with E-state index >= 15 is 0 Å². The van der Waals surface area contributed by atoms with E-state index in [1.165, 1.54) is 18.1 Å². The van der Waals surface area contributed by atoms with Crippen LogP contribution in [0, 0.1) is 11.8 Å². The molecule has 7 nitrogen and oxygen atoms in total. The molecule has 0 saturated carbocycles. The Kier molecular flexibility index (Phi) is 4.84. The smallest absolute Gasteiger partial charge is 0.267 e. The number of carbonyl (C=O) groups excluding carboxylic acids is 2. The Morgan fingerprint density at radius 2 is 2.15 bits per heavy atom. The van der Waals surface area contributed by atoms with Crippen LogP contribution in [0.25, 0.3) is 11.3 Å². The maximum atomic E-state index is 12.0. The second-order valence-electron chi connectivity index (χ2n) is 6.31. The van der Waals surface area contributed by atoms with E-state index in [-0.39, 0.29) is 12.1 Å². The number of nitrogens with zero attached hydrogens (tertiary/aromatic N) is 2. The summed E-state index contributed by atoms with van der Waals surface area (Å²) in [4.78, 5) is 29.2. The Balaban J connectivity index is 1.96. The molecule has 1 aromatic heterocycles. The van der Waals surface area contributed by atoms with Crippen LogP contribution in [0.1, 0.15) is 22.5 Å². The highest BCUT2D eigenvalue weighted by atomic mass is 16.5. The van der Waals surface area contributed by atoms with Crippen LogP contribution < -0.4 is 10.5 Å². The molecular formula is C20H19N3O4. The molecule has 1 aliphatic heterocycles. The molecule has 1 aliphatic rings. The first-order valence-corrected chi connectivity index (χ1v) is 8.30. The van der Waals surface area contributed by atoms with E-state index in [0.29, 0.717) is 29.1 Å². The van der Waals surface area contributed by atoms with Crippen molar-refractivity contribution in [1.29, 1.82) is 0 Å². The molecule has 0 unspecified atom stereocenters. The van der Waals surface area contributed by atoms with Gasteiger partial charge in [-0.1, -0.05) is 24.0 Å². The number of ether oxygens (including phenoxy) is 1. The number of hydrogen-bond acceptors (Lipinski definition) is 5. The molecule has 0 aliphatic carbocycles. The molecule has 138 valence electrons. The number of methoxy groups -OCH3 is 1. The van der Waals surface area contributed by atoms with Crippen LogP contribution in [0.3, 0.4) is 0 Å². The summed E-state index contributed by atoms with van der Waals surface area (Å²) in [5.74, 6) is 4.94. The van der Waals surface area contributed by atoms with E-state index in [1.807, 2.05) is 0 Å². The Bertz CT molecular complexity index is 977. The van der Waals surface area contributed by atoms with Crippen LogP contribution >= 0.6 is 0 Å². The van der Waals surface area contributed by atoms with Gasteiger partial charge < -0.3 is 20.5 Å². The van der Waals surface area contributed by atoms with Gasteiger partial charge in [0.15, 0.2) is 0 Å².